The second-order valence-corrected chi connectivity index (χ2v) is 4.79. The van der Waals surface area contributed by atoms with Gasteiger partial charge in [-0.05, 0) is 17.7 Å². The van der Waals surface area contributed by atoms with Gasteiger partial charge >= 0.3 is 10.5 Å². The highest BCUT2D eigenvalue weighted by molar-refractivity contribution is 7.81. The first-order chi connectivity index (χ1) is 9.26. The fraction of sp³-hybridized carbons (Fsp3) is 0.0909. The van der Waals surface area contributed by atoms with Crippen LogP contribution in [0.2, 0.25) is 0 Å². The van der Waals surface area contributed by atoms with Gasteiger partial charge in [0.25, 0.3) is 11.8 Å². The van der Waals surface area contributed by atoms with Gasteiger partial charge in [-0.2, -0.15) is 8.42 Å². The van der Waals surface area contributed by atoms with Crippen LogP contribution in [0.1, 0.15) is 5.56 Å². The molecule has 1 aliphatic rings. The lowest BCUT2D eigenvalue weighted by Crippen LogP contribution is -2.29. The number of halogens is 2. The van der Waals surface area contributed by atoms with Crippen LogP contribution in [0.5, 0.6) is 5.75 Å². The second kappa shape index (κ2) is 5.00. The van der Waals surface area contributed by atoms with Crippen LogP contribution in [0.15, 0.2) is 30.4 Å². The van der Waals surface area contributed by atoms with Crippen molar-refractivity contribution in [2.75, 3.05) is 0 Å². The molecule has 0 aliphatic carbocycles. The van der Waals surface area contributed by atoms with Gasteiger partial charge < -0.3 is 4.18 Å². The maximum Gasteiger partial charge on any atom is 0.488 e. The Labute approximate surface area is 112 Å². The first kappa shape index (κ1) is 14.1. The highest BCUT2D eigenvalue weighted by atomic mass is 32.3. The quantitative estimate of drug-likeness (QED) is 0.608. The van der Waals surface area contributed by atoms with E-state index in [1.54, 1.807) is 0 Å². The smallest absolute Gasteiger partial charge is 0.355 e. The molecule has 0 unspecified atom stereocenters. The van der Waals surface area contributed by atoms with E-state index in [1.165, 1.54) is 6.07 Å². The summed E-state index contributed by atoms with van der Waals surface area (Å²) in [5.74, 6) is -3.02. The Balaban J connectivity index is 2.18. The summed E-state index contributed by atoms with van der Waals surface area (Å²) in [4.78, 5) is 23.5. The molecule has 9 heteroatoms. The fourth-order valence-corrected chi connectivity index (χ4v) is 1.94. The van der Waals surface area contributed by atoms with Crippen molar-refractivity contribution in [2.45, 2.75) is 6.54 Å². The number of carbonyl (C=O) groups excluding carboxylic acids is 2. The van der Waals surface area contributed by atoms with Crippen LogP contribution in [0.4, 0.5) is 8.28 Å². The summed E-state index contributed by atoms with van der Waals surface area (Å²) in [6.45, 7) is -0.190. The molecule has 1 aromatic rings. The van der Waals surface area contributed by atoms with E-state index in [0.717, 1.165) is 29.2 Å². The summed E-state index contributed by atoms with van der Waals surface area (Å²) < 4.78 is 50.0. The lowest BCUT2D eigenvalue weighted by atomic mass is 10.2. The van der Waals surface area contributed by atoms with E-state index in [0.29, 0.717) is 0 Å². The minimum absolute atomic E-state index is 0.190. The average molecular weight is 303 g/mol. The Morgan fingerprint density at radius 3 is 2.25 bits per heavy atom. The molecule has 106 valence electrons. The molecule has 0 fully saturated rings. The number of hydrogen-bond acceptors (Lipinski definition) is 5. The van der Waals surface area contributed by atoms with Gasteiger partial charge in [-0.1, -0.05) is 9.95 Å². The molecule has 1 heterocycles. The number of benzene rings is 1. The zero-order valence-electron chi connectivity index (χ0n) is 9.75. The molecular formula is C11H7F2NO5S. The summed E-state index contributed by atoms with van der Waals surface area (Å²) in [7, 11) is -5.32. The number of amides is 2. The van der Waals surface area contributed by atoms with E-state index >= 15 is 0 Å². The normalized spacial score (nSPS) is 15.0. The van der Waals surface area contributed by atoms with Gasteiger partial charge in [-0.3, -0.25) is 14.5 Å². The third kappa shape index (κ3) is 3.18. The number of nitrogens with zero attached hydrogens (tertiary/aromatic N) is 1. The molecule has 0 saturated carbocycles. The van der Waals surface area contributed by atoms with Crippen molar-refractivity contribution in [1.82, 2.24) is 4.90 Å². The maximum atomic E-state index is 13.5. The largest absolute Gasteiger partial charge is 0.488 e. The van der Waals surface area contributed by atoms with Gasteiger partial charge in [-0.15, -0.1) is 0 Å². The van der Waals surface area contributed by atoms with Crippen molar-refractivity contribution >= 4 is 22.3 Å². The zero-order chi connectivity index (χ0) is 14.9. The van der Waals surface area contributed by atoms with E-state index in [2.05, 4.69) is 4.18 Å². The molecule has 0 aromatic heterocycles. The fourth-order valence-electron chi connectivity index (χ4n) is 1.59. The van der Waals surface area contributed by atoms with Gasteiger partial charge in [0.15, 0.2) is 11.6 Å². The lowest BCUT2D eigenvalue weighted by Gasteiger charge is -2.14. The van der Waals surface area contributed by atoms with Gasteiger partial charge in [0.1, 0.15) is 0 Å². The van der Waals surface area contributed by atoms with Crippen molar-refractivity contribution in [3.63, 3.8) is 0 Å². The molecule has 1 aromatic carbocycles. The summed E-state index contributed by atoms with van der Waals surface area (Å²) >= 11 is 0. The van der Waals surface area contributed by atoms with E-state index < -0.39 is 33.9 Å². The summed E-state index contributed by atoms with van der Waals surface area (Å²) in [6, 6.07) is 2.95. The average Bonchev–Trinajstić information content (AvgIpc) is 2.63. The second-order valence-electron chi connectivity index (χ2n) is 3.84. The van der Waals surface area contributed by atoms with Gasteiger partial charge in [0.05, 0.1) is 6.54 Å². The summed E-state index contributed by atoms with van der Waals surface area (Å²) in [6.07, 6.45) is 2.15. The minimum atomic E-state index is -5.32. The topological polar surface area (TPSA) is 80.8 Å². The molecule has 0 N–H and O–H groups in total. The Morgan fingerprint density at radius 2 is 1.75 bits per heavy atom. The summed E-state index contributed by atoms with van der Waals surface area (Å²) in [5.41, 5.74) is 0.219. The zero-order valence-corrected chi connectivity index (χ0v) is 10.6. The van der Waals surface area contributed by atoms with Crippen LogP contribution in [0.3, 0.4) is 0 Å². The molecule has 6 nitrogen and oxygen atoms in total. The summed E-state index contributed by atoms with van der Waals surface area (Å²) in [5, 5.41) is 0. The molecular weight excluding hydrogens is 296 g/mol. The Hall–Kier alpha value is -2.29. The van der Waals surface area contributed by atoms with Crippen LogP contribution in [-0.4, -0.2) is 25.1 Å². The highest BCUT2D eigenvalue weighted by Crippen LogP contribution is 2.22. The van der Waals surface area contributed by atoms with Crippen LogP contribution < -0.4 is 4.18 Å². The lowest BCUT2D eigenvalue weighted by molar-refractivity contribution is -0.137. The van der Waals surface area contributed by atoms with Gasteiger partial charge in [-0.25, -0.2) is 4.39 Å². The molecule has 2 rings (SSSR count). The van der Waals surface area contributed by atoms with E-state index in [9.17, 15) is 26.3 Å². The van der Waals surface area contributed by atoms with Crippen molar-refractivity contribution in [3.05, 3.63) is 41.7 Å². The Morgan fingerprint density at radius 1 is 1.15 bits per heavy atom. The molecule has 1 aliphatic heterocycles. The van der Waals surface area contributed by atoms with E-state index in [-0.39, 0.29) is 12.1 Å². The van der Waals surface area contributed by atoms with Crippen molar-refractivity contribution < 1.29 is 30.5 Å². The monoisotopic (exact) mass is 303 g/mol. The Kier molecular flexibility index (Phi) is 3.53. The molecule has 0 bridgehead atoms. The highest BCUT2D eigenvalue weighted by Gasteiger charge is 2.24. The van der Waals surface area contributed by atoms with Gasteiger partial charge in [0.2, 0.25) is 0 Å². The molecule has 0 atom stereocenters. The third-order valence-corrected chi connectivity index (χ3v) is 2.81. The van der Waals surface area contributed by atoms with E-state index in [1.807, 2.05) is 0 Å². The van der Waals surface area contributed by atoms with Crippen molar-refractivity contribution in [2.24, 2.45) is 0 Å². The molecule has 2 amide bonds. The Bertz CT molecular complexity index is 696. The van der Waals surface area contributed by atoms with Crippen LogP contribution in [0, 0.1) is 5.82 Å². The maximum absolute atomic E-state index is 13.5. The number of imide groups is 1. The molecule has 0 spiro atoms. The molecule has 20 heavy (non-hydrogen) atoms. The molecule has 0 radical (unpaired) electrons. The first-order valence-corrected chi connectivity index (χ1v) is 6.53. The van der Waals surface area contributed by atoms with E-state index in [4.69, 9.17) is 0 Å². The number of hydrogen-bond donors (Lipinski definition) is 0. The predicted octanol–water partition coefficient (Wildman–Crippen LogP) is 0.844. The SMILES string of the molecule is O=C1C=CC(=O)N1Cc1ccc(OS(=O)(=O)F)c(F)c1. The standard InChI is InChI=1S/C11H7F2NO5S/c12-8-5-7(1-2-9(8)19-20(13,17)18)6-14-10(15)3-4-11(14)16/h1-5H,6H2. The van der Waals surface area contributed by atoms with Crippen molar-refractivity contribution in [3.8, 4) is 5.75 Å². The predicted molar refractivity (Wildman–Crippen MR) is 61.8 cm³/mol. The third-order valence-electron chi connectivity index (χ3n) is 2.43. The minimum Gasteiger partial charge on any atom is -0.355 e. The van der Waals surface area contributed by atoms with Crippen LogP contribution >= 0.6 is 0 Å². The molecule has 0 saturated heterocycles. The van der Waals surface area contributed by atoms with Crippen molar-refractivity contribution in [1.29, 1.82) is 0 Å². The number of carbonyl (C=O) groups is 2. The number of rotatable bonds is 4. The first-order valence-electron chi connectivity index (χ1n) is 5.22. The van der Waals surface area contributed by atoms with Crippen LogP contribution in [0.25, 0.3) is 0 Å². The van der Waals surface area contributed by atoms with Gasteiger partial charge in [0, 0.05) is 12.2 Å². The van der Waals surface area contributed by atoms with Crippen LogP contribution in [-0.2, 0) is 26.6 Å².